The standard InChI is InChI=1S/C42H36N2/c1-2-3-4-7-14-32-21-23-33(24-22-32)34-25-27-37(28-26-34)43(35-15-8-5-9-16-35)38-29-30-42-40(31-38)39-19-12-13-20-41(39)44(42)36-17-10-6-11-18-36/h2-8,10,12-15,17,19-31H,1,9,11,16,18H2/b4-3-,14-7-. The molecule has 2 heteroatoms. The third-order valence-corrected chi connectivity index (χ3v) is 8.49. The van der Waals surface area contributed by atoms with Crippen LogP contribution in [0.4, 0.5) is 11.4 Å². The van der Waals surface area contributed by atoms with E-state index < -0.39 is 0 Å². The van der Waals surface area contributed by atoms with E-state index in [2.05, 4.69) is 150 Å². The summed E-state index contributed by atoms with van der Waals surface area (Å²) in [4.78, 5) is 2.44. The van der Waals surface area contributed by atoms with E-state index in [-0.39, 0.29) is 0 Å². The number of hydrogen-bond acceptors (Lipinski definition) is 1. The van der Waals surface area contributed by atoms with E-state index in [0.29, 0.717) is 0 Å². The highest BCUT2D eigenvalue weighted by molar-refractivity contribution is 6.11. The molecule has 0 atom stereocenters. The van der Waals surface area contributed by atoms with Crippen LogP contribution >= 0.6 is 0 Å². The van der Waals surface area contributed by atoms with Crippen LogP contribution in [0.25, 0.3) is 44.7 Å². The zero-order valence-electron chi connectivity index (χ0n) is 24.9. The largest absolute Gasteiger partial charge is 0.314 e. The summed E-state index contributed by atoms with van der Waals surface area (Å²) in [6, 6.07) is 33.5. The van der Waals surface area contributed by atoms with E-state index in [1.165, 1.54) is 61.3 Å². The fraction of sp³-hybridized carbons (Fsp3) is 0.0952. The van der Waals surface area contributed by atoms with Gasteiger partial charge in [0.15, 0.2) is 0 Å². The van der Waals surface area contributed by atoms with Crippen LogP contribution in [0.5, 0.6) is 0 Å². The topological polar surface area (TPSA) is 8.17 Å². The molecule has 0 amide bonds. The third kappa shape index (κ3) is 5.43. The second-order valence-corrected chi connectivity index (χ2v) is 11.3. The Morgan fingerprint density at radius 2 is 1.34 bits per heavy atom. The van der Waals surface area contributed by atoms with Crippen molar-refractivity contribution in [2.45, 2.75) is 25.7 Å². The van der Waals surface area contributed by atoms with Gasteiger partial charge in [0.25, 0.3) is 0 Å². The number of para-hydroxylation sites is 1. The summed E-state index contributed by atoms with van der Waals surface area (Å²) >= 11 is 0. The highest BCUT2D eigenvalue weighted by Gasteiger charge is 2.19. The number of nitrogens with zero attached hydrogens (tertiary/aromatic N) is 2. The number of benzene rings is 4. The van der Waals surface area contributed by atoms with Crippen molar-refractivity contribution in [1.82, 2.24) is 4.57 Å². The van der Waals surface area contributed by atoms with Gasteiger partial charge in [-0.15, -0.1) is 0 Å². The number of aromatic nitrogens is 1. The van der Waals surface area contributed by atoms with Gasteiger partial charge in [0.2, 0.25) is 0 Å². The van der Waals surface area contributed by atoms with Crippen molar-refractivity contribution >= 4 is 45.0 Å². The molecular weight excluding hydrogens is 532 g/mol. The van der Waals surface area contributed by atoms with Crippen LogP contribution < -0.4 is 4.90 Å². The molecule has 1 heterocycles. The van der Waals surface area contributed by atoms with E-state index in [1.807, 2.05) is 18.2 Å². The molecule has 0 N–H and O–H groups in total. The Kier molecular flexibility index (Phi) is 7.80. The molecule has 214 valence electrons. The SMILES string of the molecule is C=C/C=C\C=C/c1ccc(-c2ccc(N(C3=CC=CCC3)c3ccc4c(c3)c3ccccc3n4C3=CC=CCC3)cc2)cc1. The highest BCUT2D eigenvalue weighted by Crippen LogP contribution is 2.40. The summed E-state index contributed by atoms with van der Waals surface area (Å²) < 4.78 is 2.46. The lowest BCUT2D eigenvalue weighted by Crippen LogP contribution is -2.17. The minimum absolute atomic E-state index is 1.01. The van der Waals surface area contributed by atoms with Crippen molar-refractivity contribution in [3.8, 4) is 11.1 Å². The fourth-order valence-corrected chi connectivity index (χ4v) is 6.34. The van der Waals surface area contributed by atoms with Crippen LogP contribution in [-0.2, 0) is 0 Å². The maximum atomic E-state index is 3.72. The van der Waals surface area contributed by atoms with E-state index >= 15 is 0 Å². The van der Waals surface area contributed by atoms with Crippen LogP contribution in [-0.4, -0.2) is 4.57 Å². The Bertz CT molecular complexity index is 2000. The molecule has 0 bridgehead atoms. The van der Waals surface area contributed by atoms with E-state index in [0.717, 1.165) is 25.7 Å². The van der Waals surface area contributed by atoms with Gasteiger partial charge in [-0.2, -0.15) is 0 Å². The van der Waals surface area contributed by atoms with Gasteiger partial charge in [0.05, 0.1) is 11.0 Å². The normalized spacial score (nSPS) is 14.9. The lowest BCUT2D eigenvalue weighted by molar-refractivity contribution is 0.918. The summed E-state index contributed by atoms with van der Waals surface area (Å²) in [6.07, 6.45) is 27.5. The molecule has 0 radical (unpaired) electrons. The average molecular weight is 569 g/mol. The first-order valence-electron chi connectivity index (χ1n) is 15.5. The van der Waals surface area contributed by atoms with Gasteiger partial charge in [0, 0.05) is 33.5 Å². The predicted molar refractivity (Wildman–Crippen MR) is 191 cm³/mol. The van der Waals surface area contributed by atoms with E-state index in [1.54, 1.807) is 6.08 Å². The first-order valence-corrected chi connectivity index (χ1v) is 15.5. The maximum Gasteiger partial charge on any atom is 0.0539 e. The van der Waals surface area contributed by atoms with Gasteiger partial charge >= 0.3 is 0 Å². The van der Waals surface area contributed by atoms with Crippen LogP contribution in [0.3, 0.4) is 0 Å². The highest BCUT2D eigenvalue weighted by atomic mass is 15.1. The zero-order chi connectivity index (χ0) is 29.7. The second-order valence-electron chi connectivity index (χ2n) is 11.3. The van der Waals surface area contributed by atoms with Gasteiger partial charge in [0.1, 0.15) is 0 Å². The van der Waals surface area contributed by atoms with Crippen LogP contribution in [0.15, 0.2) is 164 Å². The number of hydrogen-bond donors (Lipinski definition) is 0. The molecular formula is C42H36N2. The molecule has 0 unspecified atom stereocenters. The maximum absolute atomic E-state index is 3.72. The molecule has 2 nitrogen and oxygen atoms in total. The summed E-state index contributed by atoms with van der Waals surface area (Å²) in [7, 11) is 0. The molecule has 4 aromatic carbocycles. The molecule has 0 saturated carbocycles. The van der Waals surface area contributed by atoms with Gasteiger partial charge in [-0.3, -0.25) is 0 Å². The Morgan fingerprint density at radius 3 is 2.07 bits per heavy atom. The lowest BCUT2D eigenvalue weighted by Gasteiger charge is -2.29. The van der Waals surface area contributed by atoms with Crippen molar-refractivity contribution in [3.63, 3.8) is 0 Å². The lowest BCUT2D eigenvalue weighted by atomic mass is 10.0. The summed E-state index contributed by atoms with van der Waals surface area (Å²) in [6.45, 7) is 3.72. The van der Waals surface area contributed by atoms with Gasteiger partial charge in [-0.25, -0.2) is 0 Å². The Labute approximate surface area is 260 Å². The second kappa shape index (κ2) is 12.5. The molecule has 0 aliphatic heterocycles. The Morgan fingerprint density at radius 1 is 0.636 bits per heavy atom. The Balaban J connectivity index is 1.27. The quantitative estimate of drug-likeness (QED) is 0.169. The molecule has 5 aromatic rings. The first kappa shape index (κ1) is 27.5. The average Bonchev–Trinajstić information content (AvgIpc) is 3.42. The minimum atomic E-state index is 1.01. The van der Waals surface area contributed by atoms with Gasteiger partial charge in [-0.1, -0.05) is 116 Å². The summed E-state index contributed by atoms with van der Waals surface area (Å²) in [5.41, 5.74) is 11.2. The Hall–Kier alpha value is -5.34. The van der Waals surface area contributed by atoms with Crippen molar-refractivity contribution < 1.29 is 0 Å². The van der Waals surface area contributed by atoms with Crippen LogP contribution in [0, 0.1) is 0 Å². The van der Waals surface area contributed by atoms with Crippen LogP contribution in [0.2, 0.25) is 0 Å². The summed E-state index contributed by atoms with van der Waals surface area (Å²) in [5, 5.41) is 2.58. The van der Waals surface area contributed by atoms with Crippen molar-refractivity contribution in [3.05, 3.63) is 170 Å². The summed E-state index contributed by atoms with van der Waals surface area (Å²) in [5.74, 6) is 0. The fourth-order valence-electron chi connectivity index (χ4n) is 6.34. The number of allylic oxidation sites excluding steroid dienone is 12. The molecule has 7 rings (SSSR count). The van der Waals surface area contributed by atoms with Crippen molar-refractivity contribution in [2.24, 2.45) is 0 Å². The number of rotatable bonds is 8. The monoisotopic (exact) mass is 568 g/mol. The van der Waals surface area contributed by atoms with Crippen molar-refractivity contribution in [1.29, 1.82) is 0 Å². The number of fused-ring (bicyclic) bond motifs is 3. The first-order chi connectivity index (χ1) is 21.8. The third-order valence-electron chi connectivity index (χ3n) is 8.49. The smallest absolute Gasteiger partial charge is 0.0539 e. The molecule has 44 heavy (non-hydrogen) atoms. The van der Waals surface area contributed by atoms with Crippen LogP contribution in [0.1, 0.15) is 31.2 Å². The van der Waals surface area contributed by atoms with E-state index in [9.17, 15) is 0 Å². The molecule has 2 aliphatic carbocycles. The van der Waals surface area contributed by atoms with E-state index in [4.69, 9.17) is 0 Å². The minimum Gasteiger partial charge on any atom is -0.314 e. The molecule has 0 saturated heterocycles. The molecule has 1 aromatic heterocycles. The zero-order valence-corrected chi connectivity index (χ0v) is 24.9. The predicted octanol–water partition coefficient (Wildman–Crippen LogP) is 11.8. The van der Waals surface area contributed by atoms with Gasteiger partial charge in [-0.05, 0) is 90.9 Å². The molecule has 0 spiro atoms. The molecule has 2 aliphatic rings. The van der Waals surface area contributed by atoms with Gasteiger partial charge < -0.3 is 9.47 Å². The van der Waals surface area contributed by atoms with Crippen molar-refractivity contribution in [2.75, 3.05) is 4.90 Å². The number of anilines is 2. The molecule has 0 fully saturated rings.